The lowest BCUT2D eigenvalue weighted by Gasteiger charge is -2.34. The third kappa shape index (κ3) is 3.07. The van der Waals surface area contributed by atoms with Crippen LogP contribution in [0.1, 0.15) is 36.9 Å². The molecule has 4 nitrogen and oxygen atoms in total. The van der Waals surface area contributed by atoms with Crippen molar-refractivity contribution < 1.29 is 9.90 Å². The van der Waals surface area contributed by atoms with Gasteiger partial charge in [0.1, 0.15) is 5.75 Å². The second-order valence-corrected chi connectivity index (χ2v) is 5.03. The lowest BCUT2D eigenvalue weighted by Crippen LogP contribution is -2.39. The number of phenols is 1. The summed E-state index contributed by atoms with van der Waals surface area (Å²) in [6.45, 7) is 3.31. The predicted octanol–water partition coefficient (Wildman–Crippen LogP) is 1.84. The van der Waals surface area contributed by atoms with E-state index in [1.165, 1.54) is 11.1 Å². The second-order valence-electron chi connectivity index (χ2n) is 5.03. The molecule has 0 aromatic heterocycles. The van der Waals surface area contributed by atoms with Gasteiger partial charge in [-0.15, -0.1) is 0 Å². The zero-order chi connectivity index (χ0) is 13.8. The fourth-order valence-electron chi connectivity index (χ4n) is 2.85. The van der Waals surface area contributed by atoms with Crippen molar-refractivity contribution in [3.63, 3.8) is 0 Å². The summed E-state index contributed by atoms with van der Waals surface area (Å²) < 4.78 is 0. The van der Waals surface area contributed by atoms with Crippen LogP contribution in [-0.2, 0) is 11.2 Å². The minimum atomic E-state index is 0.0362. The number of carbonyl (C=O) groups is 1. The Hall–Kier alpha value is -1.55. The molecule has 0 radical (unpaired) electrons. The molecule has 1 aromatic rings. The highest BCUT2D eigenvalue weighted by Gasteiger charge is 2.26. The lowest BCUT2D eigenvalue weighted by molar-refractivity contribution is -0.122. The van der Waals surface area contributed by atoms with Crippen molar-refractivity contribution in [2.24, 2.45) is 0 Å². The van der Waals surface area contributed by atoms with Crippen LogP contribution in [-0.4, -0.2) is 36.1 Å². The van der Waals surface area contributed by atoms with Crippen molar-refractivity contribution in [2.45, 2.75) is 32.2 Å². The zero-order valence-corrected chi connectivity index (χ0v) is 11.6. The van der Waals surface area contributed by atoms with Crippen molar-refractivity contribution in [3.05, 3.63) is 29.3 Å². The minimum Gasteiger partial charge on any atom is -0.508 e. The van der Waals surface area contributed by atoms with Gasteiger partial charge in [0, 0.05) is 13.1 Å². The summed E-state index contributed by atoms with van der Waals surface area (Å²) in [4.78, 5) is 13.8. The summed E-state index contributed by atoms with van der Waals surface area (Å²) in [6, 6.07) is 5.84. The third-order valence-electron chi connectivity index (χ3n) is 3.88. The standard InChI is InChI=1S/C15H22N2O2/c1-3-17(10-15(19)16-2)14-6-4-5-11-7-8-12(18)9-13(11)14/h7-9,14,18H,3-6,10H2,1-2H3,(H,16,19). The van der Waals surface area contributed by atoms with Gasteiger partial charge in [0.15, 0.2) is 0 Å². The first kappa shape index (κ1) is 13.9. The SMILES string of the molecule is CCN(CC(=O)NC)C1CCCc2ccc(O)cc21. The molecule has 0 bridgehead atoms. The van der Waals surface area contributed by atoms with Gasteiger partial charge in [0.05, 0.1) is 6.54 Å². The Morgan fingerprint density at radius 3 is 3.00 bits per heavy atom. The molecular weight excluding hydrogens is 240 g/mol. The number of amides is 1. The van der Waals surface area contributed by atoms with E-state index in [9.17, 15) is 9.90 Å². The lowest BCUT2D eigenvalue weighted by atomic mass is 9.86. The van der Waals surface area contributed by atoms with Crippen molar-refractivity contribution in [1.29, 1.82) is 0 Å². The summed E-state index contributed by atoms with van der Waals surface area (Å²) in [5.41, 5.74) is 2.47. The average molecular weight is 262 g/mol. The Morgan fingerprint density at radius 1 is 1.53 bits per heavy atom. The number of carbonyl (C=O) groups excluding carboxylic acids is 1. The number of likely N-dealkylation sites (N-methyl/N-ethyl adjacent to an activating group) is 2. The average Bonchev–Trinajstić information content (AvgIpc) is 2.44. The Bertz CT molecular complexity index is 459. The number of hydrogen-bond donors (Lipinski definition) is 2. The van der Waals surface area contributed by atoms with E-state index in [0.717, 1.165) is 25.8 Å². The largest absolute Gasteiger partial charge is 0.508 e. The first-order valence-electron chi connectivity index (χ1n) is 6.92. The van der Waals surface area contributed by atoms with Crippen molar-refractivity contribution in [3.8, 4) is 5.75 Å². The number of aryl methyl sites for hydroxylation is 1. The maximum Gasteiger partial charge on any atom is 0.233 e. The number of nitrogens with one attached hydrogen (secondary N) is 1. The number of fused-ring (bicyclic) bond motifs is 1. The van der Waals surface area contributed by atoms with Gasteiger partial charge in [-0.25, -0.2) is 0 Å². The molecule has 0 aliphatic heterocycles. The molecule has 0 fully saturated rings. The van der Waals surface area contributed by atoms with Gasteiger partial charge in [0.2, 0.25) is 5.91 Å². The molecule has 0 saturated heterocycles. The molecule has 2 N–H and O–H groups in total. The van der Waals surface area contributed by atoms with Crippen LogP contribution < -0.4 is 5.32 Å². The van der Waals surface area contributed by atoms with Crippen LogP contribution in [0.15, 0.2) is 18.2 Å². The number of nitrogens with zero attached hydrogens (tertiary/aromatic N) is 1. The summed E-state index contributed by atoms with van der Waals surface area (Å²) in [6.07, 6.45) is 3.23. The molecule has 0 spiro atoms. The minimum absolute atomic E-state index is 0.0362. The molecule has 0 saturated carbocycles. The number of phenolic OH excluding ortho intramolecular Hbond substituents is 1. The van der Waals surface area contributed by atoms with Crippen LogP contribution in [0.2, 0.25) is 0 Å². The maximum absolute atomic E-state index is 11.6. The molecule has 2 rings (SSSR count). The van der Waals surface area contributed by atoms with E-state index in [0.29, 0.717) is 12.3 Å². The van der Waals surface area contributed by atoms with E-state index in [-0.39, 0.29) is 11.9 Å². The topological polar surface area (TPSA) is 52.6 Å². The monoisotopic (exact) mass is 262 g/mol. The van der Waals surface area contributed by atoms with Gasteiger partial charge in [-0.2, -0.15) is 0 Å². The van der Waals surface area contributed by atoms with Crippen LogP contribution in [0.25, 0.3) is 0 Å². The number of benzene rings is 1. The molecule has 1 unspecified atom stereocenters. The van der Waals surface area contributed by atoms with Gasteiger partial charge in [-0.05, 0) is 49.1 Å². The molecule has 0 heterocycles. The first-order valence-corrected chi connectivity index (χ1v) is 6.92. The number of aromatic hydroxyl groups is 1. The normalized spacial score (nSPS) is 18.2. The summed E-state index contributed by atoms with van der Waals surface area (Å²) >= 11 is 0. The zero-order valence-electron chi connectivity index (χ0n) is 11.6. The van der Waals surface area contributed by atoms with E-state index in [2.05, 4.69) is 17.1 Å². The highest BCUT2D eigenvalue weighted by Crippen LogP contribution is 2.35. The quantitative estimate of drug-likeness (QED) is 0.870. The highest BCUT2D eigenvalue weighted by atomic mass is 16.3. The Balaban J connectivity index is 2.25. The van der Waals surface area contributed by atoms with Crippen LogP contribution >= 0.6 is 0 Å². The van der Waals surface area contributed by atoms with Crippen molar-refractivity contribution in [2.75, 3.05) is 20.1 Å². The van der Waals surface area contributed by atoms with Gasteiger partial charge in [-0.3, -0.25) is 9.69 Å². The summed E-state index contributed by atoms with van der Waals surface area (Å²) in [7, 11) is 1.66. The molecule has 1 amide bonds. The Morgan fingerprint density at radius 2 is 2.32 bits per heavy atom. The first-order chi connectivity index (χ1) is 9.15. The third-order valence-corrected chi connectivity index (χ3v) is 3.88. The fourth-order valence-corrected chi connectivity index (χ4v) is 2.85. The highest BCUT2D eigenvalue weighted by molar-refractivity contribution is 5.77. The van der Waals surface area contributed by atoms with Crippen LogP contribution in [0.3, 0.4) is 0 Å². The van der Waals surface area contributed by atoms with E-state index < -0.39 is 0 Å². The summed E-state index contributed by atoms with van der Waals surface area (Å²) in [5, 5.41) is 12.4. The van der Waals surface area contributed by atoms with Gasteiger partial charge < -0.3 is 10.4 Å². The number of hydrogen-bond acceptors (Lipinski definition) is 3. The smallest absolute Gasteiger partial charge is 0.233 e. The second kappa shape index (κ2) is 6.06. The summed E-state index contributed by atoms with van der Waals surface area (Å²) in [5.74, 6) is 0.343. The molecular formula is C15H22N2O2. The fraction of sp³-hybridized carbons (Fsp3) is 0.533. The van der Waals surface area contributed by atoms with Crippen LogP contribution in [0.4, 0.5) is 0 Å². The molecule has 19 heavy (non-hydrogen) atoms. The predicted molar refractivity (Wildman–Crippen MR) is 75.1 cm³/mol. The van der Waals surface area contributed by atoms with E-state index in [1.807, 2.05) is 12.1 Å². The molecule has 104 valence electrons. The Kier molecular flexibility index (Phi) is 4.43. The maximum atomic E-state index is 11.6. The van der Waals surface area contributed by atoms with Crippen molar-refractivity contribution in [1.82, 2.24) is 10.2 Å². The molecule has 1 aliphatic carbocycles. The molecule has 1 aromatic carbocycles. The van der Waals surface area contributed by atoms with E-state index in [1.54, 1.807) is 13.1 Å². The van der Waals surface area contributed by atoms with Crippen molar-refractivity contribution >= 4 is 5.91 Å². The number of rotatable bonds is 4. The van der Waals surface area contributed by atoms with E-state index >= 15 is 0 Å². The van der Waals surface area contributed by atoms with Crippen LogP contribution in [0.5, 0.6) is 5.75 Å². The molecule has 1 aliphatic rings. The van der Waals surface area contributed by atoms with E-state index in [4.69, 9.17) is 0 Å². The van der Waals surface area contributed by atoms with Gasteiger partial charge >= 0.3 is 0 Å². The molecule has 4 heteroatoms. The van der Waals surface area contributed by atoms with Gasteiger partial charge in [0.25, 0.3) is 0 Å². The van der Waals surface area contributed by atoms with Gasteiger partial charge in [-0.1, -0.05) is 13.0 Å². The molecule has 1 atom stereocenters. The van der Waals surface area contributed by atoms with Crippen LogP contribution in [0, 0.1) is 0 Å². The Labute approximate surface area is 114 Å².